The summed E-state index contributed by atoms with van der Waals surface area (Å²) in [6.07, 6.45) is 0. The van der Waals surface area contributed by atoms with Crippen LogP contribution in [0.5, 0.6) is 5.75 Å². The fourth-order valence-corrected chi connectivity index (χ4v) is 2.29. The molecule has 1 N–H and O–H groups in total. The second-order valence-corrected chi connectivity index (χ2v) is 5.30. The Bertz CT molecular complexity index is 650. The number of ether oxygens (including phenoxy) is 1. The molecule has 1 amide bonds. The SMILES string of the molecule is O=C(Nc1ccc(Br)cc1Cl)c1ccc(OC(F)F)cc1. The molecule has 0 spiro atoms. The monoisotopic (exact) mass is 375 g/mol. The molecule has 0 aliphatic heterocycles. The Balaban J connectivity index is 2.09. The Labute approximate surface area is 133 Å². The summed E-state index contributed by atoms with van der Waals surface area (Å²) in [5.74, 6) is -0.411. The van der Waals surface area contributed by atoms with Crippen molar-refractivity contribution >= 4 is 39.1 Å². The van der Waals surface area contributed by atoms with Crippen LogP contribution in [0.3, 0.4) is 0 Å². The Morgan fingerprint density at radius 2 is 1.86 bits per heavy atom. The van der Waals surface area contributed by atoms with Gasteiger partial charge in [-0.05, 0) is 42.5 Å². The van der Waals surface area contributed by atoms with Crippen LogP contribution >= 0.6 is 27.5 Å². The largest absolute Gasteiger partial charge is 0.435 e. The van der Waals surface area contributed by atoms with Gasteiger partial charge in [0.1, 0.15) is 5.75 Å². The number of rotatable bonds is 4. The van der Waals surface area contributed by atoms with Crippen molar-refractivity contribution < 1.29 is 18.3 Å². The van der Waals surface area contributed by atoms with Gasteiger partial charge in [-0.1, -0.05) is 27.5 Å². The highest BCUT2D eigenvalue weighted by Gasteiger charge is 2.10. The zero-order chi connectivity index (χ0) is 15.4. The summed E-state index contributed by atoms with van der Waals surface area (Å²) in [5.41, 5.74) is 0.758. The molecule has 3 nitrogen and oxygen atoms in total. The van der Waals surface area contributed by atoms with Gasteiger partial charge in [0.25, 0.3) is 5.91 Å². The van der Waals surface area contributed by atoms with Crippen molar-refractivity contribution in [2.24, 2.45) is 0 Å². The molecule has 0 heterocycles. The van der Waals surface area contributed by atoms with Crippen LogP contribution in [0.2, 0.25) is 5.02 Å². The maximum absolute atomic E-state index is 12.0. The van der Waals surface area contributed by atoms with Gasteiger partial charge >= 0.3 is 6.61 Å². The number of carbonyl (C=O) groups is 1. The lowest BCUT2D eigenvalue weighted by molar-refractivity contribution is -0.0498. The zero-order valence-electron chi connectivity index (χ0n) is 10.4. The van der Waals surface area contributed by atoms with Gasteiger partial charge in [-0.3, -0.25) is 4.79 Å². The molecule has 0 saturated carbocycles. The smallest absolute Gasteiger partial charge is 0.387 e. The molecule has 0 unspecified atom stereocenters. The second kappa shape index (κ2) is 6.87. The molecule has 7 heteroatoms. The highest BCUT2D eigenvalue weighted by molar-refractivity contribution is 9.10. The molecule has 0 radical (unpaired) electrons. The van der Waals surface area contributed by atoms with E-state index in [0.29, 0.717) is 16.3 Å². The maximum atomic E-state index is 12.0. The zero-order valence-corrected chi connectivity index (χ0v) is 12.8. The number of nitrogens with one attached hydrogen (secondary N) is 1. The molecule has 2 aromatic rings. The standard InChI is InChI=1S/C14H9BrClF2NO2/c15-9-3-6-12(11(16)7-9)19-13(20)8-1-4-10(5-2-8)21-14(17)18/h1-7,14H,(H,19,20). The molecular weight excluding hydrogens is 368 g/mol. The average molecular weight is 377 g/mol. The van der Waals surface area contributed by atoms with Gasteiger partial charge in [0.05, 0.1) is 10.7 Å². The van der Waals surface area contributed by atoms with E-state index in [0.717, 1.165) is 4.47 Å². The Hall–Kier alpha value is -1.66. The summed E-state index contributed by atoms with van der Waals surface area (Å²) < 4.78 is 29.0. The minimum atomic E-state index is -2.90. The quantitative estimate of drug-likeness (QED) is 0.819. The van der Waals surface area contributed by atoms with Gasteiger partial charge in [0, 0.05) is 10.0 Å². The Morgan fingerprint density at radius 3 is 2.43 bits per heavy atom. The molecular formula is C14H9BrClF2NO2. The first-order valence-corrected chi connectivity index (χ1v) is 6.94. The summed E-state index contributed by atoms with van der Waals surface area (Å²) in [7, 11) is 0. The van der Waals surface area contributed by atoms with Crippen LogP contribution < -0.4 is 10.1 Å². The number of carbonyl (C=O) groups excluding carboxylic acids is 1. The number of alkyl halides is 2. The predicted molar refractivity (Wildman–Crippen MR) is 80.2 cm³/mol. The Morgan fingerprint density at radius 1 is 1.19 bits per heavy atom. The van der Waals surface area contributed by atoms with Gasteiger partial charge in [-0.15, -0.1) is 0 Å². The topological polar surface area (TPSA) is 38.3 Å². The molecule has 2 aromatic carbocycles. The summed E-state index contributed by atoms with van der Waals surface area (Å²) in [6.45, 7) is -2.90. The highest BCUT2D eigenvalue weighted by Crippen LogP contribution is 2.26. The lowest BCUT2D eigenvalue weighted by Gasteiger charge is -2.08. The second-order valence-electron chi connectivity index (χ2n) is 3.98. The van der Waals surface area contributed by atoms with Crippen molar-refractivity contribution in [2.45, 2.75) is 6.61 Å². The van der Waals surface area contributed by atoms with E-state index in [1.807, 2.05) is 0 Å². The number of hydrogen-bond donors (Lipinski definition) is 1. The number of halogens is 4. The number of amides is 1. The van der Waals surface area contributed by atoms with Gasteiger partial charge in [0.15, 0.2) is 0 Å². The van der Waals surface area contributed by atoms with Crippen molar-refractivity contribution in [3.63, 3.8) is 0 Å². The van der Waals surface area contributed by atoms with Gasteiger partial charge < -0.3 is 10.1 Å². The third-order valence-corrected chi connectivity index (χ3v) is 3.33. The molecule has 21 heavy (non-hydrogen) atoms. The van der Waals surface area contributed by atoms with Crippen LogP contribution in [0.1, 0.15) is 10.4 Å². The van der Waals surface area contributed by atoms with Crippen molar-refractivity contribution in [2.75, 3.05) is 5.32 Å². The predicted octanol–water partition coefficient (Wildman–Crippen LogP) is 4.96. The van der Waals surface area contributed by atoms with E-state index in [1.165, 1.54) is 24.3 Å². The lowest BCUT2D eigenvalue weighted by Crippen LogP contribution is -2.12. The highest BCUT2D eigenvalue weighted by atomic mass is 79.9. The third kappa shape index (κ3) is 4.41. The van der Waals surface area contributed by atoms with Crippen molar-refractivity contribution in [1.29, 1.82) is 0 Å². The normalized spacial score (nSPS) is 10.5. The van der Waals surface area contributed by atoms with E-state index in [9.17, 15) is 13.6 Å². The third-order valence-electron chi connectivity index (χ3n) is 2.52. The first-order valence-electron chi connectivity index (χ1n) is 5.77. The summed E-state index contributed by atoms with van der Waals surface area (Å²) in [4.78, 5) is 12.0. The number of anilines is 1. The minimum Gasteiger partial charge on any atom is -0.435 e. The Kier molecular flexibility index (Phi) is 5.14. The van der Waals surface area contributed by atoms with Crippen LogP contribution in [-0.2, 0) is 0 Å². The van der Waals surface area contributed by atoms with Gasteiger partial charge in [-0.2, -0.15) is 8.78 Å². The first kappa shape index (κ1) is 15.7. The first-order chi connectivity index (χ1) is 9.95. The average Bonchev–Trinajstić information content (AvgIpc) is 2.42. The number of hydrogen-bond acceptors (Lipinski definition) is 2. The van der Waals surface area contributed by atoms with Crippen LogP contribution in [0.25, 0.3) is 0 Å². The summed E-state index contributed by atoms with van der Waals surface area (Å²) >= 11 is 9.26. The van der Waals surface area contributed by atoms with Crippen LogP contribution in [0.4, 0.5) is 14.5 Å². The minimum absolute atomic E-state index is 0.0109. The maximum Gasteiger partial charge on any atom is 0.387 e. The lowest BCUT2D eigenvalue weighted by atomic mass is 10.2. The van der Waals surface area contributed by atoms with Crippen LogP contribution in [-0.4, -0.2) is 12.5 Å². The fourth-order valence-electron chi connectivity index (χ4n) is 1.57. The van der Waals surface area contributed by atoms with E-state index < -0.39 is 12.5 Å². The van der Waals surface area contributed by atoms with E-state index in [2.05, 4.69) is 26.0 Å². The molecule has 2 rings (SSSR count). The van der Waals surface area contributed by atoms with Crippen molar-refractivity contribution in [1.82, 2.24) is 0 Å². The van der Waals surface area contributed by atoms with E-state index in [1.54, 1.807) is 18.2 Å². The molecule has 110 valence electrons. The molecule has 0 atom stereocenters. The summed E-state index contributed by atoms with van der Waals surface area (Å²) in [6, 6.07) is 10.4. The molecule has 0 saturated heterocycles. The van der Waals surface area contributed by atoms with E-state index in [-0.39, 0.29) is 5.75 Å². The molecule has 0 aliphatic carbocycles. The van der Waals surface area contributed by atoms with Crippen molar-refractivity contribution in [3.8, 4) is 5.75 Å². The van der Waals surface area contributed by atoms with Crippen LogP contribution in [0, 0.1) is 0 Å². The van der Waals surface area contributed by atoms with E-state index >= 15 is 0 Å². The molecule has 0 fully saturated rings. The molecule has 0 bridgehead atoms. The van der Waals surface area contributed by atoms with Gasteiger partial charge in [0.2, 0.25) is 0 Å². The van der Waals surface area contributed by atoms with Crippen molar-refractivity contribution in [3.05, 3.63) is 57.5 Å². The van der Waals surface area contributed by atoms with E-state index in [4.69, 9.17) is 11.6 Å². The van der Waals surface area contributed by atoms with Gasteiger partial charge in [-0.25, -0.2) is 0 Å². The molecule has 0 aliphatic rings. The fraction of sp³-hybridized carbons (Fsp3) is 0.0714. The molecule has 0 aromatic heterocycles. The summed E-state index contributed by atoms with van der Waals surface area (Å²) in [5, 5.41) is 3.02. The van der Waals surface area contributed by atoms with Crippen LogP contribution in [0.15, 0.2) is 46.9 Å². The number of benzene rings is 2.